The number of benzene rings is 1. The van der Waals surface area contributed by atoms with Crippen LogP contribution in [0.15, 0.2) is 24.3 Å². The normalized spacial score (nSPS) is 11.9. The lowest BCUT2D eigenvalue weighted by Crippen LogP contribution is -2.45. The van der Waals surface area contributed by atoms with E-state index in [2.05, 4.69) is 5.32 Å². The summed E-state index contributed by atoms with van der Waals surface area (Å²) in [6.45, 7) is 5.67. The van der Waals surface area contributed by atoms with Gasteiger partial charge in [0, 0.05) is 25.8 Å². The smallest absolute Gasteiger partial charge is 0.259 e. The lowest BCUT2D eigenvalue weighted by molar-refractivity contribution is -0.130. The van der Waals surface area contributed by atoms with E-state index in [1.807, 2.05) is 20.8 Å². The molecule has 2 amide bonds. The number of nitrogens with zero attached hydrogens (tertiary/aromatic N) is 1. The molecule has 130 valence electrons. The first-order chi connectivity index (χ1) is 10.1. The van der Waals surface area contributed by atoms with Gasteiger partial charge >= 0.3 is 0 Å². The molecule has 0 unspecified atom stereocenters. The summed E-state index contributed by atoms with van der Waals surface area (Å²) in [6.07, 6.45) is 0. The molecule has 1 rings (SSSR count). The first-order valence-corrected chi connectivity index (χ1v) is 7.10. The molecule has 0 radical (unpaired) electrons. The summed E-state index contributed by atoms with van der Waals surface area (Å²) in [6, 6.07) is 6.26. The van der Waals surface area contributed by atoms with E-state index in [0.717, 1.165) is 0 Å². The fraction of sp³-hybridized carbons (Fsp3) is 0.500. The molecule has 0 aliphatic carbocycles. The Kier molecular flexibility index (Phi) is 8.06. The van der Waals surface area contributed by atoms with E-state index in [1.54, 1.807) is 38.4 Å². The van der Waals surface area contributed by atoms with Crippen LogP contribution in [0.3, 0.4) is 0 Å². The van der Waals surface area contributed by atoms with Crippen molar-refractivity contribution in [3.63, 3.8) is 0 Å². The molecule has 0 saturated heterocycles. The molecule has 23 heavy (non-hydrogen) atoms. The molecular formula is C16H26ClN3O3. The Morgan fingerprint density at radius 1 is 1.30 bits per heavy atom. The van der Waals surface area contributed by atoms with Gasteiger partial charge in [0.2, 0.25) is 5.91 Å². The van der Waals surface area contributed by atoms with E-state index >= 15 is 0 Å². The summed E-state index contributed by atoms with van der Waals surface area (Å²) in [4.78, 5) is 25.0. The van der Waals surface area contributed by atoms with Crippen molar-refractivity contribution in [1.82, 2.24) is 4.90 Å². The Bertz CT molecular complexity index is 542. The van der Waals surface area contributed by atoms with Crippen LogP contribution in [0.2, 0.25) is 0 Å². The fourth-order valence-electron chi connectivity index (χ4n) is 1.55. The maximum atomic E-state index is 12.1. The van der Waals surface area contributed by atoms with Crippen molar-refractivity contribution in [3.8, 4) is 5.75 Å². The van der Waals surface area contributed by atoms with Crippen LogP contribution < -0.4 is 15.8 Å². The summed E-state index contributed by atoms with van der Waals surface area (Å²) >= 11 is 0. The SMILES string of the molecule is CN(C)C(=O)COc1cccc(NC(=O)[C@@H](N)C(C)(C)C)c1.Cl. The van der Waals surface area contributed by atoms with Crippen molar-refractivity contribution in [2.24, 2.45) is 11.1 Å². The van der Waals surface area contributed by atoms with Gasteiger partial charge in [-0.25, -0.2) is 0 Å². The van der Waals surface area contributed by atoms with Gasteiger partial charge in [-0.05, 0) is 17.5 Å². The molecule has 1 atom stereocenters. The Labute approximate surface area is 143 Å². The highest BCUT2D eigenvalue weighted by atomic mass is 35.5. The van der Waals surface area contributed by atoms with E-state index in [0.29, 0.717) is 11.4 Å². The molecule has 7 heteroatoms. The van der Waals surface area contributed by atoms with Crippen molar-refractivity contribution in [3.05, 3.63) is 24.3 Å². The zero-order chi connectivity index (χ0) is 16.9. The van der Waals surface area contributed by atoms with E-state index in [9.17, 15) is 9.59 Å². The first kappa shape index (κ1) is 21.2. The van der Waals surface area contributed by atoms with Crippen molar-refractivity contribution in [2.45, 2.75) is 26.8 Å². The number of carbonyl (C=O) groups excluding carboxylic acids is 2. The number of rotatable bonds is 5. The molecule has 0 aliphatic heterocycles. The number of anilines is 1. The highest BCUT2D eigenvalue weighted by Gasteiger charge is 2.27. The maximum absolute atomic E-state index is 12.1. The lowest BCUT2D eigenvalue weighted by atomic mass is 9.87. The van der Waals surface area contributed by atoms with Crippen molar-refractivity contribution < 1.29 is 14.3 Å². The zero-order valence-electron chi connectivity index (χ0n) is 14.3. The minimum atomic E-state index is -0.618. The Hall–Kier alpha value is -1.79. The van der Waals surface area contributed by atoms with Crippen molar-refractivity contribution in [2.75, 3.05) is 26.0 Å². The van der Waals surface area contributed by atoms with Gasteiger partial charge in [0.15, 0.2) is 6.61 Å². The molecule has 0 fully saturated rings. The Morgan fingerprint density at radius 3 is 2.43 bits per heavy atom. The number of ether oxygens (including phenoxy) is 1. The van der Waals surface area contributed by atoms with Crippen LogP contribution in [0.5, 0.6) is 5.75 Å². The van der Waals surface area contributed by atoms with E-state index in [1.165, 1.54) is 4.90 Å². The Balaban J connectivity index is 0.00000484. The molecule has 0 aromatic heterocycles. The van der Waals surface area contributed by atoms with Crippen LogP contribution in [-0.4, -0.2) is 43.5 Å². The third-order valence-corrected chi connectivity index (χ3v) is 3.18. The van der Waals surface area contributed by atoms with Crippen LogP contribution in [0.4, 0.5) is 5.69 Å². The van der Waals surface area contributed by atoms with Gasteiger partial charge in [0.25, 0.3) is 5.91 Å². The van der Waals surface area contributed by atoms with Crippen LogP contribution >= 0.6 is 12.4 Å². The molecule has 3 N–H and O–H groups in total. The highest BCUT2D eigenvalue weighted by Crippen LogP contribution is 2.21. The lowest BCUT2D eigenvalue weighted by Gasteiger charge is -2.25. The summed E-state index contributed by atoms with van der Waals surface area (Å²) in [5.41, 5.74) is 6.18. The maximum Gasteiger partial charge on any atom is 0.259 e. The number of hydrogen-bond acceptors (Lipinski definition) is 4. The average Bonchev–Trinajstić information content (AvgIpc) is 2.43. The van der Waals surface area contributed by atoms with Gasteiger partial charge in [-0.2, -0.15) is 0 Å². The van der Waals surface area contributed by atoms with Crippen LogP contribution in [0.1, 0.15) is 20.8 Å². The summed E-state index contributed by atoms with van der Waals surface area (Å²) < 4.78 is 5.41. The number of likely N-dealkylation sites (N-methyl/N-ethyl adjacent to an activating group) is 1. The summed E-state index contributed by atoms with van der Waals surface area (Å²) in [5.74, 6) is 0.121. The molecule has 1 aromatic rings. The quantitative estimate of drug-likeness (QED) is 0.855. The van der Waals surface area contributed by atoms with Crippen molar-refractivity contribution in [1.29, 1.82) is 0 Å². The molecule has 0 spiro atoms. The molecule has 0 saturated carbocycles. The average molecular weight is 344 g/mol. The fourth-order valence-corrected chi connectivity index (χ4v) is 1.55. The Morgan fingerprint density at radius 2 is 1.91 bits per heavy atom. The molecule has 0 heterocycles. The minimum absolute atomic E-state index is 0. The van der Waals surface area contributed by atoms with Crippen LogP contribution in [-0.2, 0) is 9.59 Å². The van der Waals surface area contributed by atoms with Crippen LogP contribution in [0, 0.1) is 5.41 Å². The third-order valence-electron chi connectivity index (χ3n) is 3.18. The predicted octanol–water partition coefficient (Wildman–Crippen LogP) is 1.89. The number of hydrogen-bond donors (Lipinski definition) is 2. The second-order valence-electron chi connectivity index (χ2n) is 6.44. The van der Waals surface area contributed by atoms with Gasteiger partial charge in [-0.3, -0.25) is 9.59 Å². The van der Waals surface area contributed by atoms with Crippen molar-refractivity contribution >= 4 is 29.9 Å². The standard InChI is InChI=1S/C16H25N3O3.ClH/c1-16(2,3)14(17)15(21)18-11-7-6-8-12(9-11)22-10-13(20)19(4)5;/h6-9,14H,10,17H2,1-5H3,(H,18,21);1H/t14-;/m1./s1. The number of halogens is 1. The minimum Gasteiger partial charge on any atom is -0.484 e. The number of nitrogens with one attached hydrogen (secondary N) is 1. The monoisotopic (exact) mass is 343 g/mol. The van der Waals surface area contributed by atoms with Gasteiger partial charge in [0.05, 0.1) is 6.04 Å². The van der Waals surface area contributed by atoms with Gasteiger partial charge in [0.1, 0.15) is 5.75 Å². The van der Waals surface area contributed by atoms with Gasteiger partial charge in [-0.15, -0.1) is 12.4 Å². The van der Waals surface area contributed by atoms with Gasteiger partial charge in [-0.1, -0.05) is 26.8 Å². The second-order valence-corrected chi connectivity index (χ2v) is 6.44. The molecule has 0 bridgehead atoms. The van der Waals surface area contributed by atoms with E-state index < -0.39 is 6.04 Å². The zero-order valence-corrected chi connectivity index (χ0v) is 15.1. The summed E-state index contributed by atoms with van der Waals surface area (Å²) in [5, 5.41) is 2.76. The molecule has 0 aliphatic rings. The largest absolute Gasteiger partial charge is 0.484 e. The summed E-state index contributed by atoms with van der Waals surface area (Å²) in [7, 11) is 3.33. The highest BCUT2D eigenvalue weighted by molar-refractivity contribution is 5.95. The molecule has 6 nitrogen and oxygen atoms in total. The number of carbonyl (C=O) groups is 2. The predicted molar refractivity (Wildman–Crippen MR) is 93.9 cm³/mol. The van der Waals surface area contributed by atoms with E-state index in [-0.39, 0.29) is 36.2 Å². The molecular weight excluding hydrogens is 318 g/mol. The number of nitrogens with two attached hydrogens (primary N) is 1. The van der Waals surface area contributed by atoms with Gasteiger partial charge < -0.3 is 20.7 Å². The van der Waals surface area contributed by atoms with E-state index in [4.69, 9.17) is 10.5 Å². The second kappa shape index (κ2) is 8.74. The topological polar surface area (TPSA) is 84.7 Å². The molecule has 1 aromatic carbocycles. The van der Waals surface area contributed by atoms with Crippen LogP contribution in [0.25, 0.3) is 0 Å². The first-order valence-electron chi connectivity index (χ1n) is 7.10. The third kappa shape index (κ3) is 6.88. The number of amides is 2.